The molecular formula is C22H35N3O6. The SMILES string of the molecule is CC(C)(C)OC(=O)NC[C@H](CCNC(=O)OCc1ccccc1)NC(=O)OC(C)(C)C. The van der Waals surface area contributed by atoms with Crippen LogP contribution >= 0.6 is 0 Å². The zero-order valence-corrected chi connectivity index (χ0v) is 19.2. The van der Waals surface area contributed by atoms with Gasteiger partial charge in [-0.2, -0.15) is 0 Å². The number of nitrogens with one attached hydrogen (secondary N) is 3. The first-order valence-electron chi connectivity index (χ1n) is 10.2. The predicted molar refractivity (Wildman–Crippen MR) is 117 cm³/mol. The van der Waals surface area contributed by atoms with Gasteiger partial charge in [0.25, 0.3) is 0 Å². The van der Waals surface area contributed by atoms with E-state index in [-0.39, 0.29) is 19.7 Å². The Hall–Kier alpha value is -2.97. The molecular weight excluding hydrogens is 402 g/mol. The van der Waals surface area contributed by atoms with Crippen LogP contribution in [0.2, 0.25) is 0 Å². The second-order valence-electron chi connectivity index (χ2n) is 9.00. The molecule has 0 aliphatic carbocycles. The highest BCUT2D eigenvalue weighted by molar-refractivity contribution is 5.69. The third-order valence-corrected chi connectivity index (χ3v) is 3.59. The molecule has 1 atom stereocenters. The van der Waals surface area contributed by atoms with Gasteiger partial charge in [0.1, 0.15) is 17.8 Å². The molecule has 0 saturated heterocycles. The van der Waals surface area contributed by atoms with Crippen molar-refractivity contribution in [3.05, 3.63) is 35.9 Å². The van der Waals surface area contributed by atoms with Crippen LogP contribution in [-0.4, -0.2) is 48.6 Å². The summed E-state index contributed by atoms with van der Waals surface area (Å²) in [6.07, 6.45) is -1.44. The quantitative estimate of drug-likeness (QED) is 0.534. The van der Waals surface area contributed by atoms with Crippen molar-refractivity contribution < 1.29 is 28.6 Å². The van der Waals surface area contributed by atoms with Crippen molar-refractivity contribution in [2.24, 2.45) is 0 Å². The first-order valence-corrected chi connectivity index (χ1v) is 10.2. The number of rotatable bonds is 8. The summed E-state index contributed by atoms with van der Waals surface area (Å²) in [6.45, 7) is 11.0. The number of carbonyl (C=O) groups is 3. The Morgan fingerprint density at radius 2 is 1.42 bits per heavy atom. The number of carbonyl (C=O) groups excluding carboxylic acids is 3. The number of benzene rings is 1. The van der Waals surface area contributed by atoms with Crippen molar-refractivity contribution >= 4 is 18.3 Å². The van der Waals surface area contributed by atoms with Gasteiger partial charge in [0.2, 0.25) is 0 Å². The van der Waals surface area contributed by atoms with Gasteiger partial charge in [-0.25, -0.2) is 14.4 Å². The molecule has 0 bridgehead atoms. The van der Waals surface area contributed by atoms with Gasteiger partial charge in [0.15, 0.2) is 0 Å². The Morgan fingerprint density at radius 1 is 0.839 bits per heavy atom. The van der Waals surface area contributed by atoms with Crippen molar-refractivity contribution in [1.29, 1.82) is 0 Å². The molecule has 3 amide bonds. The van der Waals surface area contributed by atoms with Crippen LogP contribution in [0.1, 0.15) is 53.5 Å². The average molecular weight is 438 g/mol. The van der Waals surface area contributed by atoms with Gasteiger partial charge in [-0.05, 0) is 53.5 Å². The van der Waals surface area contributed by atoms with Crippen LogP contribution in [0.3, 0.4) is 0 Å². The fourth-order valence-electron chi connectivity index (χ4n) is 2.34. The summed E-state index contributed by atoms with van der Waals surface area (Å²) in [4.78, 5) is 35.9. The number of amides is 3. The number of alkyl carbamates (subject to hydrolysis) is 3. The molecule has 31 heavy (non-hydrogen) atoms. The van der Waals surface area contributed by atoms with Gasteiger partial charge in [-0.3, -0.25) is 0 Å². The highest BCUT2D eigenvalue weighted by atomic mass is 16.6. The van der Waals surface area contributed by atoms with E-state index in [1.165, 1.54) is 0 Å². The van der Waals surface area contributed by atoms with E-state index in [0.29, 0.717) is 6.42 Å². The summed E-state index contributed by atoms with van der Waals surface area (Å²) < 4.78 is 15.6. The first kappa shape index (κ1) is 26.1. The van der Waals surface area contributed by atoms with E-state index >= 15 is 0 Å². The topological polar surface area (TPSA) is 115 Å². The lowest BCUT2D eigenvalue weighted by Crippen LogP contribution is -2.47. The standard InChI is InChI=1S/C22H35N3O6/c1-21(2,3)30-19(27)24-14-17(25-20(28)31-22(4,5)6)12-13-23-18(26)29-15-16-10-8-7-9-11-16/h7-11,17H,12-15H2,1-6H3,(H,23,26)(H,24,27)(H,25,28)/t17-/m0/s1. The molecule has 1 aromatic carbocycles. The summed E-state index contributed by atoms with van der Waals surface area (Å²) in [5.41, 5.74) is -0.418. The zero-order valence-electron chi connectivity index (χ0n) is 19.2. The normalized spacial score (nSPS) is 12.3. The van der Waals surface area contributed by atoms with E-state index in [9.17, 15) is 14.4 Å². The lowest BCUT2D eigenvalue weighted by molar-refractivity contribution is 0.0461. The van der Waals surface area contributed by atoms with Crippen LogP contribution in [0.4, 0.5) is 14.4 Å². The molecule has 0 aliphatic rings. The van der Waals surface area contributed by atoms with E-state index < -0.39 is 35.5 Å². The molecule has 9 nitrogen and oxygen atoms in total. The summed E-state index contributed by atoms with van der Waals surface area (Å²) in [5.74, 6) is 0. The van der Waals surface area contributed by atoms with Crippen molar-refractivity contribution in [3.8, 4) is 0 Å². The smallest absolute Gasteiger partial charge is 0.407 e. The minimum atomic E-state index is -0.660. The second-order valence-corrected chi connectivity index (χ2v) is 9.00. The predicted octanol–water partition coefficient (Wildman–Crippen LogP) is 3.72. The molecule has 0 fully saturated rings. The Bertz CT molecular complexity index is 710. The summed E-state index contributed by atoms with van der Waals surface area (Å²) in [7, 11) is 0. The monoisotopic (exact) mass is 437 g/mol. The fourth-order valence-corrected chi connectivity index (χ4v) is 2.34. The maximum atomic E-state index is 12.1. The minimum Gasteiger partial charge on any atom is -0.445 e. The molecule has 9 heteroatoms. The van der Waals surface area contributed by atoms with Crippen LogP contribution in [0.25, 0.3) is 0 Å². The Kier molecular flexibility index (Phi) is 10.1. The van der Waals surface area contributed by atoms with E-state index in [0.717, 1.165) is 5.56 Å². The zero-order chi connectivity index (χ0) is 23.5. The van der Waals surface area contributed by atoms with Gasteiger partial charge >= 0.3 is 18.3 Å². The van der Waals surface area contributed by atoms with Gasteiger partial charge in [-0.15, -0.1) is 0 Å². The van der Waals surface area contributed by atoms with Crippen LogP contribution in [0.15, 0.2) is 30.3 Å². The Labute approximate surface area is 184 Å². The molecule has 0 spiro atoms. The molecule has 0 aromatic heterocycles. The molecule has 0 saturated carbocycles. The van der Waals surface area contributed by atoms with E-state index in [1.807, 2.05) is 30.3 Å². The van der Waals surface area contributed by atoms with Crippen LogP contribution in [0.5, 0.6) is 0 Å². The van der Waals surface area contributed by atoms with E-state index in [1.54, 1.807) is 41.5 Å². The third-order valence-electron chi connectivity index (χ3n) is 3.59. The second kappa shape index (κ2) is 12.0. The molecule has 0 unspecified atom stereocenters. The number of hydrogen-bond acceptors (Lipinski definition) is 6. The third kappa shape index (κ3) is 13.8. The maximum absolute atomic E-state index is 12.1. The van der Waals surface area contributed by atoms with Gasteiger partial charge in [0.05, 0.1) is 6.04 Å². The highest BCUT2D eigenvalue weighted by Gasteiger charge is 2.21. The van der Waals surface area contributed by atoms with E-state index in [2.05, 4.69) is 16.0 Å². The molecule has 1 aromatic rings. The Balaban J connectivity index is 2.50. The number of ether oxygens (including phenoxy) is 3. The lowest BCUT2D eigenvalue weighted by Gasteiger charge is -2.25. The molecule has 174 valence electrons. The molecule has 3 N–H and O–H groups in total. The minimum absolute atomic E-state index is 0.106. The van der Waals surface area contributed by atoms with Gasteiger partial charge < -0.3 is 30.2 Å². The van der Waals surface area contributed by atoms with Gasteiger partial charge in [-0.1, -0.05) is 30.3 Å². The maximum Gasteiger partial charge on any atom is 0.407 e. The summed E-state index contributed by atoms with van der Waals surface area (Å²) >= 11 is 0. The molecule has 0 heterocycles. The Morgan fingerprint density at radius 3 is 2.00 bits per heavy atom. The molecule has 0 aliphatic heterocycles. The van der Waals surface area contributed by atoms with Crippen LogP contribution in [-0.2, 0) is 20.8 Å². The van der Waals surface area contributed by atoms with Crippen LogP contribution < -0.4 is 16.0 Å². The molecule has 0 radical (unpaired) electrons. The highest BCUT2D eigenvalue weighted by Crippen LogP contribution is 2.08. The summed E-state index contributed by atoms with van der Waals surface area (Å²) in [5, 5.41) is 7.95. The van der Waals surface area contributed by atoms with Gasteiger partial charge in [0, 0.05) is 13.1 Å². The largest absolute Gasteiger partial charge is 0.445 e. The fraction of sp³-hybridized carbons (Fsp3) is 0.591. The van der Waals surface area contributed by atoms with Crippen molar-refractivity contribution in [3.63, 3.8) is 0 Å². The number of hydrogen-bond donors (Lipinski definition) is 3. The van der Waals surface area contributed by atoms with E-state index in [4.69, 9.17) is 14.2 Å². The van der Waals surface area contributed by atoms with Crippen LogP contribution in [0, 0.1) is 0 Å². The van der Waals surface area contributed by atoms with Crippen molar-refractivity contribution in [2.45, 2.75) is 71.8 Å². The first-order chi connectivity index (χ1) is 14.3. The average Bonchev–Trinajstić information content (AvgIpc) is 2.62. The molecule has 1 rings (SSSR count). The lowest BCUT2D eigenvalue weighted by atomic mass is 10.2. The van der Waals surface area contributed by atoms with Crippen molar-refractivity contribution in [1.82, 2.24) is 16.0 Å². The summed E-state index contributed by atoms with van der Waals surface area (Å²) in [6, 6.07) is 8.83. The van der Waals surface area contributed by atoms with Crippen molar-refractivity contribution in [2.75, 3.05) is 13.1 Å².